The molecular weight excluding hydrogens is 144 g/mol. The zero-order chi connectivity index (χ0) is 8.43. The van der Waals surface area contributed by atoms with Gasteiger partial charge in [0.15, 0.2) is 0 Å². The normalized spacial score (nSPS) is 9.33. The zero-order valence-corrected chi connectivity index (χ0v) is 7.86. The van der Waals surface area contributed by atoms with Gasteiger partial charge in [0.25, 0.3) is 0 Å². The summed E-state index contributed by atoms with van der Waals surface area (Å²) >= 11 is 0. The molecule has 0 fully saturated rings. The lowest BCUT2D eigenvalue weighted by Crippen LogP contribution is -1.89. The molecule has 0 atom stereocenters. The molecule has 0 radical (unpaired) electrons. The van der Waals surface area contributed by atoms with Crippen molar-refractivity contribution in [1.82, 2.24) is 0 Å². The summed E-state index contributed by atoms with van der Waals surface area (Å²) in [6.45, 7) is 8.75. The van der Waals surface area contributed by atoms with Crippen molar-refractivity contribution in [2.75, 3.05) is 0 Å². The van der Waals surface area contributed by atoms with Gasteiger partial charge >= 0.3 is 0 Å². The second kappa shape index (κ2) is 4.30. The summed E-state index contributed by atoms with van der Waals surface area (Å²) in [6.07, 6.45) is 1.14. The van der Waals surface area contributed by atoms with Crippen molar-refractivity contribution >= 4 is 0 Å². The third-order valence-corrected chi connectivity index (χ3v) is 2.40. The Hall–Kier alpha value is -0.780. The van der Waals surface area contributed by atoms with Gasteiger partial charge in [0.05, 0.1) is 0 Å². The van der Waals surface area contributed by atoms with Gasteiger partial charge in [-0.1, -0.05) is 26.5 Å². The van der Waals surface area contributed by atoms with Gasteiger partial charge in [-0.05, 0) is 49.4 Å². The van der Waals surface area contributed by atoms with Gasteiger partial charge in [0, 0.05) is 0 Å². The van der Waals surface area contributed by atoms with E-state index >= 15 is 0 Å². The average Bonchev–Trinajstić information content (AvgIpc) is 1.99. The molecular formula is C12H20. The molecule has 0 heteroatoms. The Morgan fingerprint density at radius 2 is 1.42 bits per heavy atom. The molecule has 0 bridgehead atoms. The van der Waals surface area contributed by atoms with Gasteiger partial charge < -0.3 is 0 Å². The van der Waals surface area contributed by atoms with Crippen molar-refractivity contribution in [3.8, 4) is 0 Å². The van der Waals surface area contributed by atoms with Crippen molar-refractivity contribution in [2.45, 2.75) is 41.5 Å². The van der Waals surface area contributed by atoms with E-state index in [1.807, 2.05) is 0 Å². The SMILES string of the molecule is C.CCc1cc(C)c(C)c(C)c1. The minimum absolute atomic E-state index is 0. The second-order valence-electron chi connectivity index (χ2n) is 3.21. The van der Waals surface area contributed by atoms with E-state index in [1.165, 1.54) is 22.3 Å². The predicted octanol–water partition coefficient (Wildman–Crippen LogP) is 3.81. The van der Waals surface area contributed by atoms with E-state index in [2.05, 4.69) is 39.8 Å². The number of hydrogen-bond acceptors (Lipinski definition) is 0. The minimum Gasteiger partial charge on any atom is -0.0776 e. The summed E-state index contributed by atoms with van der Waals surface area (Å²) in [5.74, 6) is 0. The van der Waals surface area contributed by atoms with Crippen molar-refractivity contribution in [3.05, 3.63) is 34.4 Å². The van der Waals surface area contributed by atoms with Gasteiger partial charge in [0.2, 0.25) is 0 Å². The zero-order valence-electron chi connectivity index (χ0n) is 7.86. The first-order valence-electron chi connectivity index (χ1n) is 4.22. The maximum atomic E-state index is 2.28. The van der Waals surface area contributed by atoms with Crippen LogP contribution in [0.25, 0.3) is 0 Å². The third kappa shape index (κ3) is 2.10. The van der Waals surface area contributed by atoms with Gasteiger partial charge in [0.1, 0.15) is 0 Å². The highest BCUT2D eigenvalue weighted by Gasteiger charge is 1.98. The van der Waals surface area contributed by atoms with Crippen LogP contribution >= 0.6 is 0 Å². The van der Waals surface area contributed by atoms with Crippen LogP contribution < -0.4 is 0 Å². The van der Waals surface area contributed by atoms with E-state index in [0.29, 0.717) is 0 Å². The van der Waals surface area contributed by atoms with Crippen molar-refractivity contribution < 1.29 is 0 Å². The Morgan fingerprint density at radius 3 is 1.75 bits per heavy atom. The van der Waals surface area contributed by atoms with Crippen LogP contribution in [0.1, 0.15) is 36.6 Å². The Labute approximate surface area is 76.6 Å². The van der Waals surface area contributed by atoms with Gasteiger partial charge in [-0.15, -0.1) is 0 Å². The summed E-state index contributed by atoms with van der Waals surface area (Å²) in [4.78, 5) is 0. The maximum Gasteiger partial charge on any atom is -0.0307 e. The summed E-state index contributed by atoms with van der Waals surface area (Å²) in [7, 11) is 0. The summed E-state index contributed by atoms with van der Waals surface area (Å²) < 4.78 is 0. The number of hydrogen-bond donors (Lipinski definition) is 0. The van der Waals surface area contributed by atoms with Gasteiger partial charge in [-0.2, -0.15) is 0 Å². The molecule has 0 aromatic heterocycles. The highest BCUT2D eigenvalue weighted by Crippen LogP contribution is 2.15. The van der Waals surface area contributed by atoms with Crippen LogP contribution in [-0.4, -0.2) is 0 Å². The van der Waals surface area contributed by atoms with Crippen molar-refractivity contribution in [2.24, 2.45) is 0 Å². The molecule has 0 aliphatic heterocycles. The fourth-order valence-electron chi connectivity index (χ4n) is 1.33. The van der Waals surface area contributed by atoms with Gasteiger partial charge in [-0.3, -0.25) is 0 Å². The molecule has 0 unspecified atom stereocenters. The second-order valence-corrected chi connectivity index (χ2v) is 3.21. The lowest BCUT2D eigenvalue weighted by atomic mass is 10.00. The lowest BCUT2D eigenvalue weighted by Gasteiger charge is -2.06. The Bertz CT molecular complexity index is 236. The van der Waals surface area contributed by atoms with E-state index in [0.717, 1.165) is 6.42 Å². The number of rotatable bonds is 1. The first-order chi connectivity index (χ1) is 5.15. The van der Waals surface area contributed by atoms with Crippen molar-refractivity contribution in [1.29, 1.82) is 0 Å². The largest absolute Gasteiger partial charge is 0.0776 e. The molecule has 0 saturated heterocycles. The first kappa shape index (κ1) is 11.2. The average molecular weight is 164 g/mol. The van der Waals surface area contributed by atoms with Crippen LogP contribution in [-0.2, 0) is 6.42 Å². The molecule has 1 aromatic carbocycles. The highest BCUT2D eigenvalue weighted by atomic mass is 14.0. The molecule has 0 aliphatic carbocycles. The number of aryl methyl sites for hydroxylation is 3. The monoisotopic (exact) mass is 164 g/mol. The quantitative estimate of drug-likeness (QED) is 0.592. The highest BCUT2D eigenvalue weighted by molar-refractivity contribution is 5.36. The molecule has 0 N–H and O–H groups in total. The molecule has 0 saturated carbocycles. The summed E-state index contributed by atoms with van der Waals surface area (Å²) in [5.41, 5.74) is 5.72. The molecule has 0 amide bonds. The van der Waals surface area contributed by atoms with Crippen LogP contribution in [0.5, 0.6) is 0 Å². The van der Waals surface area contributed by atoms with E-state index < -0.39 is 0 Å². The fraction of sp³-hybridized carbons (Fsp3) is 0.500. The standard InChI is InChI=1S/C11H16.CH4/c1-5-11-6-8(2)10(4)9(3)7-11;/h6-7H,5H2,1-4H3;1H4. The van der Waals surface area contributed by atoms with Crippen molar-refractivity contribution in [3.63, 3.8) is 0 Å². The first-order valence-corrected chi connectivity index (χ1v) is 4.22. The molecule has 1 aromatic rings. The smallest absolute Gasteiger partial charge is 0.0307 e. The molecule has 0 nitrogen and oxygen atoms in total. The molecule has 68 valence electrons. The van der Waals surface area contributed by atoms with E-state index in [1.54, 1.807) is 0 Å². The molecule has 0 heterocycles. The van der Waals surface area contributed by atoms with E-state index in [9.17, 15) is 0 Å². The van der Waals surface area contributed by atoms with Crippen LogP contribution in [0, 0.1) is 20.8 Å². The lowest BCUT2D eigenvalue weighted by molar-refractivity contribution is 1.11. The van der Waals surface area contributed by atoms with Crippen LogP contribution in [0.4, 0.5) is 0 Å². The molecule has 0 spiro atoms. The van der Waals surface area contributed by atoms with Crippen LogP contribution in [0.3, 0.4) is 0 Å². The van der Waals surface area contributed by atoms with E-state index in [-0.39, 0.29) is 7.43 Å². The Kier molecular flexibility index (Phi) is 4.02. The third-order valence-electron chi connectivity index (χ3n) is 2.40. The predicted molar refractivity (Wildman–Crippen MR) is 56.8 cm³/mol. The van der Waals surface area contributed by atoms with E-state index in [4.69, 9.17) is 0 Å². The molecule has 0 aliphatic rings. The Morgan fingerprint density at radius 1 is 1.00 bits per heavy atom. The molecule has 12 heavy (non-hydrogen) atoms. The maximum absolute atomic E-state index is 2.28. The van der Waals surface area contributed by atoms with Gasteiger partial charge in [-0.25, -0.2) is 0 Å². The topological polar surface area (TPSA) is 0 Å². The van der Waals surface area contributed by atoms with Crippen LogP contribution in [0.2, 0.25) is 0 Å². The number of benzene rings is 1. The minimum atomic E-state index is 0. The fourth-order valence-corrected chi connectivity index (χ4v) is 1.33. The molecule has 1 rings (SSSR count). The van der Waals surface area contributed by atoms with Crippen LogP contribution in [0.15, 0.2) is 12.1 Å². The Balaban J connectivity index is 0.00000121. The summed E-state index contributed by atoms with van der Waals surface area (Å²) in [6, 6.07) is 4.56. The summed E-state index contributed by atoms with van der Waals surface area (Å²) in [5, 5.41) is 0.